The first-order chi connectivity index (χ1) is 10.4. The highest BCUT2D eigenvalue weighted by molar-refractivity contribution is 5.99. The van der Waals surface area contributed by atoms with Crippen LogP contribution in [0.2, 0.25) is 0 Å². The van der Waals surface area contributed by atoms with E-state index in [1.54, 1.807) is 7.11 Å². The number of aromatic nitrogens is 1. The molecule has 0 radical (unpaired) electrons. The minimum atomic E-state index is -0.792. The van der Waals surface area contributed by atoms with Gasteiger partial charge in [-0.2, -0.15) is 5.26 Å². The van der Waals surface area contributed by atoms with Crippen LogP contribution in [0.4, 0.5) is 0 Å². The van der Waals surface area contributed by atoms with Gasteiger partial charge in [0.15, 0.2) is 5.78 Å². The SMILES string of the molecule is COCCn1c(C)cc(/C=C(\C#N)C(=O)OCC(C)=O)c1C. The third kappa shape index (κ3) is 4.57. The van der Waals surface area contributed by atoms with Gasteiger partial charge in [-0.15, -0.1) is 0 Å². The number of hydrogen-bond acceptors (Lipinski definition) is 5. The topological polar surface area (TPSA) is 81.3 Å². The van der Waals surface area contributed by atoms with E-state index in [1.165, 1.54) is 13.0 Å². The number of carbonyl (C=O) groups excluding carboxylic acids is 2. The molecule has 1 heterocycles. The fraction of sp³-hybridized carbons (Fsp3) is 0.438. The summed E-state index contributed by atoms with van der Waals surface area (Å²) in [5.74, 6) is -1.07. The highest BCUT2D eigenvalue weighted by Gasteiger charge is 2.14. The Morgan fingerprint density at radius 2 is 2.09 bits per heavy atom. The van der Waals surface area contributed by atoms with E-state index < -0.39 is 5.97 Å². The summed E-state index contributed by atoms with van der Waals surface area (Å²) >= 11 is 0. The number of rotatable bonds is 7. The van der Waals surface area contributed by atoms with Crippen molar-refractivity contribution in [1.82, 2.24) is 4.57 Å². The Morgan fingerprint density at radius 3 is 2.64 bits per heavy atom. The maximum atomic E-state index is 11.8. The summed E-state index contributed by atoms with van der Waals surface area (Å²) in [6.45, 7) is 6.10. The summed E-state index contributed by atoms with van der Waals surface area (Å²) in [7, 11) is 1.63. The van der Waals surface area contributed by atoms with Crippen molar-refractivity contribution in [2.24, 2.45) is 0 Å². The molecule has 0 unspecified atom stereocenters. The Balaban J connectivity index is 3.01. The zero-order valence-electron chi connectivity index (χ0n) is 13.3. The number of methoxy groups -OCH3 is 1. The predicted molar refractivity (Wildman–Crippen MR) is 81.0 cm³/mol. The van der Waals surface area contributed by atoms with E-state index >= 15 is 0 Å². The number of Topliss-reactive ketones (excluding diaryl/α,β-unsaturated/α-hetero) is 1. The van der Waals surface area contributed by atoms with Crippen LogP contribution in [0.15, 0.2) is 11.6 Å². The first kappa shape index (κ1) is 17.7. The van der Waals surface area contributed by atoms with Crippen molar-refractivity contribution < 1.29 is 19.1 Å². The van der Waals surface area contributed by atoms with E-state index in [0.29, 0.717) is 13.2 Å². The molecule has 0 aliphatic carbocycles. The van der Waals surface area contributed by atoms with E-state index in [1.807, 2.05) is 30.6 Å². The molecule has 0 aliphatic rings. The molecule has 1 aromatic heterocycles. The summed E-state index contributed by atoms with van der Waals surface area (Å²) in [5.41, 5.74) is 2.58. The summed E-state index contributed by atoms with van der Waals surface area (Å²) in [4.78, 5) is 22.6. The molecule has 22 heavy (non-hydrogen) atoms. The van der Waals surface area contributed by atoms with Crippen molar-refractivity contribution in [1.29, 1.82) is 5.26 Å². The van der Waals surface area contributed by atoms with Crippen LogP contribution in [0.3, 0.4) is 0 Å². The standard InChI is InChI=1S/C16H20N2O4/c1-11-7-14(13(3)18(11)5-6-21-4)8-15(9-17)16(20)22-10-12(2)19/h7-8H,5-6,10H2,1-4H3/b15-8+. The van der Waals surface area contributed by atoms with Gasteiger partial charge in [0.25, 0.3) is 0 Å². The minimum absolute atomic E-state index is 0.131. The first-order valence-corrected chi connectivity index (χ1v) is 6.84. The summed E-state index contributed by atoms with van der Waals surface area (Å²) in [6, 6.07) is 3.70. The van der Waals surface area contributed by atoms with Gasteiger partial charge < -0.3 is 14.0 Å². The van der Waals surface area contributed by atoms with Gasteiger partial charge in [0.1, 0.15) is 18.2 Å². The van der Waals surface area contributed by atoms with Gasteiger partial charge in [-0.05, 0) is 38.5 Å². The number of ether oxygens (including phenoxy) is 2. The second-order valence-electron chi connectivity index (χ2n) is 4.92. The molecule has 0 amide bonds. The minimum Gasteiger partial charge on any atom is -0.454 e. The van der Waals surface area contributed by atoms with Crippen molar-refractivity contribution in [3.05, 3.63) is 28.6 Å². The molecule has 0 atom stereocenters. The molecule has 1 aromatic rings. The lowest BCUT2D eigenvalue weighted by Gasteiger charge is -2.08. The Bertz CT molecular complexity index is 635. The van der Waals surface area contributed by atoms with Crippen molar-refractivity contribution in [3.8, 4) is 6.07 Å². The molecule has 1 rings (SSSR count). The lowest BCUT2D eigenvalue weighted by atomic mass is 10.1. The number of hydrogen-bond donors (Lipinski definition) is 0. The Kier molecular flexibility index (Phi) is 6.54. The highest BCUT2D eigenvalue weighted by Crippen LogP contribution is 2.18. The third-order valence-corrected chi connectivity index (χ3v) is 3.18. The molecular formula is C16H20N2O4. The normalized spacial score (nSPS) is 11.1. The van der Waals surface area contributed by atoms with E-state index in [4.69, 9.17) is 14.7 Å². The molecule has 6 nitrogen and oxygen atoms in total. The average molecular weight is 304 g/mol. The molecule has 6 heteroatoms. The molecular weight excluding hydrogens is 284 g/mol. The monoisotopic (exact) mass is 304 g/mol. The summed E-state index contributed by atoms with van der Waals surface area (Å²) < 4.78 is 11.9. The average Bonchev–Trinajstić information content (AvgIpc) is 2.74. The number of ketones is 1. The maximum absolute atomic E-state index is 11.8. The van der Waals surface area contributed by atoms with Crippen LogP contribution < -0.4 is 0 Å². The van der Waals surface area contributed by atoms with Crippen LogP contribution in [0.5, 0.6) is 0 Å². The van der Waals surface area contributed by atoms with Crippen LogP contribution in [0, 0.1) is 25.2 Å². The van der Waals surface area contributed by atoms with Crippen molar-refractivity contribution in [3.63, 3.8) is 0 Å². The Morgan fingerprint density at radius 1 is 1.41 bits per heavy atom. The molecule has 0 fully saturated rings. The Hall–Kier alpha value is -2.39. The van der Waals surface area contributed by atoms with Crippen LogP contribution in [-0.2, 0) is 25.6 Å². The van der Waals surface area contributed by atoms with Gasteiger partial charge in [0.2, 0.25) is 0 Å². The Labute approximate surface area is 129 Å². The number of nitriles is 1. The van der Waals surface area contributed by atoms with E-state index in [-0.39, 0.29) is 18.0 Å². The fourth-order valence-corrected chi connectivity index (χ4v) is 2.04. The quantitative estimate of drug-likeness (QED) is 0.436. The van der Waals surface area contributed by atoms with Crippen LogP contribution >= 0.6 is 0 Å². The van der Waals surface area contributed by atoms with Gasteiger partial charge in [0.05, 0.1) is 6.61 Å². The number of esters is 1. The molecule has 0 aliphatic heterocycles. The third-order valence-electron chi connectivity index (χ3n) is 3.18. The zero-order valence-corrected chi connectivity index (χ0v) is 13.3. The van der Waals surface area contributed by atoms with Gasteiger partial charge in [-0.3, -0.25) is 4.79 Å². The van der Waals surface area contributed by atoms with Crippen LogP contribution in [-0.4, -0.2) is 36.6 Å². The maximum Gasteiger partial charge on any atom is 0.349 e. The van der Waals surface area contributed by atoms with Crippen LogP contribution in [0.1, 0.15) is 23.9 Å². The van der Waals surface area contributed by atoms with E-state index in [9.17, 15) is 9.59 Å². The molecule has 0 spiro atoms. The van der Waals surface area contributed by atoms with Crippen molar-refractivity contribution in [2.75, 3.05) is 20.3 Å². The summed E-state index contributed by atoms with van der Waals surface area (Å²) in [5, 5.41) is 9.10. The second-order valence-corrected chi connectivity index (χ2v) is 4.92. The number of aryl methyl sites for hydroxylation is 1. The molecule has 0 saturated carbocycles. The van der Waals surface area contributed by atoms with Gasteiger partial charge >= 0.3 is 5.97 Å². The highest BCUT2D eigenvalue weighted by atomic mass is 16.5. The van der Waals surface area contributed by atoms with Crippen LogP contribution in [0.25, 0.3) is 6.08 Å². The number of nitrogens with zero attached hydrogens (tertiary/aromatic N) is 2. The number of carbonyl (C=O) groups is 2. The van der Waals surface area contributed by atoms with Crippen molar-refractivity contribution in [2.45, 2.75) is 27.3 Å². The van der Waals surface area contributed by atoms with Gasteiger partial charge in [-0.1, -0.05) is 0 Å². The molecule has 0 N–H and O–H groups in total. The van der Waals surface area contributed by atoms with Gasteiger partial charge in [-0.25, -0.2) is 4.79 Å². The second kappa shape index (κ2) is 8.15. The largest absolute Gasteiger partial charge is 0.454 e. The molecule has 0 saturated heterocycles. The lowest BCUT2D eigenvalue weighted by molar-refractivity contribution is -0.143. The molecule has 0 bridgehead atoms. The molecule has 0 aromatic carbocycles. The fourth-order valence-electron chi connectivity index (χ4n) is 2.04. The predicted octanol–water partition coefficient (Wildman–Crippen LogP) is 1.79. The van der Waals surface area contributed by atoms with E-state index in [2.05, 4.69) is 0 Å². The van der Waals surface area contributed by atoms with Crippen molar-refractivity contribution >= 4 is 17.8 Å². The smallest absolute Gasteiger partial charge is 0.349 e. The summed E-state index contributed by atoms with van der Waals surface area (Å²) in [6.07, 6.45) is 1.48. The molecule has 118 valence electrons. The zero-order chi connectivity index (χ0) is 16.7. The van der Waals surface area contributed by atoms with Gasteiger partial charge in [0, 0.05) is 25.0 Å². The first-order valence-electron chi connectivity index (χ1n) is 6.84. The lowest BCUT2D eigenvalue weighted by Crippen LogP contribution is -2.12. The van der Waals surface area contributed by atoms with E-state index in [0.717, 1.165) is 17.0 Å².